The molecule has 2 rings (SSSR count). The average Bonchev–Trinajstić information content (AvgIpc) is 2.62. The van der Waals surface area contributed by atoms with E-state index >= 15 is 0 Å². The van der Waals surface area contributed by atoms with Crippen molar-refractivity contribution in [2.75, 3.05) is 11.9 Å². The molecule has 0 spiro atoms. The maximum atomic E-state index is 12.4. The highest BCUT2D eigenvalue weighted by Crippen LogP contribution is 2.28. The van der Waals surface area contributed by atoms with E-state index in [0.29, 0.717) is 18.9 Å². The standard InChI is InChI=1S/C18H23F3N2O5S/c19-18(20,21)29(26,27)28-15(12-16(24)25)8-4-2-1-3-7-14-10-9-13-6-5-11-22-17(13)23-14/h9-10,12H,1-8,11H2,(H,22,23)(H,24,25). The van der Waals surface area contributed by atoms with E-state index in [1.807, 2.05) is 6.07 Å². The van der Waals surface area contributed by atoms with Gasteiger partial charge in [-0.2, -0.15) is 21.6 Å². The Morgan fingerprint density at radius 3 is 2.66 bits per heavy atom. The molecule has 11 heteroatoms. The number of fused-ring (bicyclic) bond motifs is 1. The van der Waals surface area contributed by atoms with Gasteiger partial charge in [-0.05, 0) is 43.7 Å². The first-order valence-electron chi connectivity index (χ1n) is 9.25. The fourth-order valence-corrected chi connectivity index (χ4v) is 3.44. The lowest BCUT2D eigenvalue weighted by Gasteiger charge is -2.17. The Kier molecular flexibility index (Phi) is 7.88. The normalized spacial score (nSPS) is 14.8. The van der Waals surface area contributed by atoms with Gasteiger partial charge in [-0.1, -0.05) is 18.9 Å². The molecule has 0 fully saturated rings. The van der Waals surface area contributed by atoms with E-state index in [4.69, 9.17) is 5.11 Å². The summed E-state index contributed by atoms with van der Waals surface area (Å²) in [5.74, 6) is -1.40. The van der Waals surface area contributed by atoms with Crippen molar-refractivity contribution in [2.24, 2.45) is 0 Å². The van der Waals surface area contributed by atoms with Gasteiger partial charge in [0, 0.05) is 18.7 Å². The van der Waals surface area contributed by atoms with Crippen LogP contribution in [0.3, 0.4) is 0 Å². The lowest BCUT2D eigenvalue weighted by molar-refractivity contribution is -0.131. The summed E-state index contributed by atoms with van der Waals surface area (Å²) >= 11 is 0. The number of rotatable bonds is 10. The smallest absolute Gasteiger partial charge is 0.478 e. The van der Waals surface area contributed by atoms with Gasteiger partial charge < -0.3 is 14.6 Å². The summed E-state index contributed by atoms with van der Waals surface area (Å²) in [6.07, 6.45) is 5.36. The summed E-state index contributed by atoms with van der Waals surface area (Å²) in [6, 6.07) is 4.04. The van der Waals surface area contributed by atoms with Gasteiger partial charge in [-0.15, -0.1) is 0 Å². The van der Waals surface area contributed by atoms with Gasteiger partial charge in [0.05, 0.1) is 6.08 Å². The fourth-order valence-electron chi connectivity index (χ4n) is 2.93. The predicted molar refractivity (Wildman–Crippen MR) is 99.6 cm³/mol. The summed E-state index contributed by atoms with van der Waals surface area (Å²) in [4.78, 5) is 15.3. The third kappa shape index (κ3) is 7.22. The van der Waals surface area contributed by atoms with Crippen molar-refractivity contribution in [1.29, 1.82) is 0 Å². The van der Waals surface area contributed by atoms with Gasteiger partial charge in [-0.25, -0.2) is 9.78 Å². The first-order chi connectivity index (χ1) is 13.6. The molecule has 7 nitrogen and oxygen atoms in total. The lowest BCUT2D eigenvalue weighted by Crippen LogP contribution is -2.25. The zero-order valence-electron chi connectivity index (χ0n) is 15.7. The fraction of sp³-hybridized carbons (Fsp3) is 0.556. The number of aliphatic carboxylic acids is 1. The monoisotopic (exact) mass is 436 g/mol. The Balaban J connectivity index is 1.76. The van der Waals surface area contributed by atoms with Crippen molar-refractivity contribution in [3.63, 3.8) is 0 Å². The SMILES string of the molecule is O=C(O)C=C(CCCCCCc1ccc2c(n1)NCCC2)OS(=O)(=O)C(F)(F)F. The van der Waals surface area contributed by atoms with Crippen molar-refractivity contribution >= 4 is 21.9 Å². The number of pyridine rings is 1. The zero-order chi connectivity index (χ0) is 21.5. The van der Waals surface area contributed by atoms with Gasteiger partial charge >= 0.3 is 21.6 Å². The number of carboxylic acids is 1. The van der Waals surface area contributed by atoms with E-state index in [1.165, 1.54) is 5.56 Å². The number of alkyl halides is 3. The van der Waals surface area contributed by atoms with Crippen LogP contribution in [-0.4, -0.2) is 36.5 Å². The molecule has 2 heterocycles. The molecule has 1 aromatic heterocycles. The molecule has 0 atom stereocenters. The van der Waals surface area contributed by atoms with Crippen LogP contribution in [0.2, 0.25) is 0 Å². The zero-order valence-corrected chi connectivity index (χ0v) is 16.5. The number of hydrogen-bond donors (Lipinski definition) is 2. The van der Waals surface area contributed by atoms with Gasteiger partial charge in [0.25, 0.3) is 0 Å². The van der Waals surface area contributed by atoms with Crippen molar-refractivity contribution in [1.82, 2.24) is 4.98 Å². The van der Waals surface area contributed by atoms with E-state index in [1.54, 1.807) is 0 Å². The van der Waals surface area contributed by atoms with E-state index in [9.17, 15) is 26.4 Å². The molecule has 29 heavy (non-hydrogen) atoms. The topological polar surface area (TPSA) is 106 Å². The minimum Gasteiger partial charge on any atom is -0.478 e. The number of anilines is 1. The molecule has 0 aromatic carbocycles. The molecule has 2 N–H and O–H groups in total. The third-order valence-corrected chi connectivity index (χ3v) is 5.34. The first-order valence-corrected chi connectivity index (χ1v) is 10.7. The largest absolute Gasteiger partial charge is 0.534 e. The van der Waals surface area contributed by atoms with Crippen molar-refractivity contribution in [3.05, 3.63) is 35.2 Å². The minimum absolute atomic E-state index is 0.220. The number of nitrogens with one attached hydrogen (secondary N) is 1. The Labute approximate surface area is 167 Å². The molecule has 0 bridgehead atoms. The Morgan fingerprint density at radius 1 is 1.24 bits per heavy atom. The van der Waals surface area contributed by atoms with E-state index in [0.717, 1.165) is 50.2 Å². The Hall–Kier alpha value is -2.30. The van der Waals surface area contributed by atoms with Gasteiger partial charge in [0.1, 0.15) is 11.6 Å². The Morgan fingerprint density at radius 2 is 1.97 bits per heavy atom. The highest BCUT2D eigenvalue weighted by atomic mass is 32.2. The number of hydrogen-bond acceptors (Lipinski definition) is 6. The first kappa shape index (κ1) is 23.0. The molecular formula is C18H23F3N2O5S. The second kappa shape index (κ2) is 9.95. The number of carboxylic acid groups (broad SMARTS) is 1. The summed E-state index contributed by atoms with van der Waals surface area (Å²) in [5, 5.41) is 12.0. The van der Waals surface area contributed by atoms with Crippen LogP contribution < -0.4 is 5.32 Å². The van der Waals surface area contributed by atoms with Crippen LogP contribution >= 0.6 is 0 Å². The Bertz CT molecular complexity index is 854. The molecule has 1 aliphatic heterocycles. The molecule has 0 saturated heterocycles. The van der Waals surface area contributed by atoms with E-state index in [-0.39, 0.29) is 6.42 Å². The minimum atomic E-state index is -5.88. The molecule has 0 amide bonds. The van der Waals surface area contributed by atoms with Crippen molar-refractivity contribution in [2.45, 2.75) is 56.9 Å². The molecule has 0 saturated carbocycles. The van der Waals surface area contributed by atoms with Crippen LogP contribution in [-0.2, 0) is 31.9 Å². The predicted octanol–water partition coefficient (Wildman–Crippen LogP) is 3.77. The lowest BCUT2D eigenvalue weighted by atomic mass is 10.0. The van der Waals surface area contributed by atoms with Crippen LogP contribution in [0.5, 0.6) is 0 Å². The number of nitrogens with zero attached hydrogens (tertiary/aromatic N) is 1. The summed E-state index contributed by atoms with van der Waals surface area (Å²) in [5.41, 5.74) is -3.46. The average molecular weight is 436 g/mol. The molecular weight excluding hydrogens is 413 g/mol. The highest BCUT2D eigenvalue weighted by Gasteiger charge is 2.48. The van der Waals surface area contributed by atoms with Crippen LogP contribution in [0.25, 0.3) is 0 Å². The molecule has 1 aliphatic rings. The van der Waals surface area contributed by atoms with Crippen molar-refractivity contribution in [3.8, 4) is 0 Å². The highest BCUT2D eigenvalue weighted by molar-refractivity contribution is 7.87. The second-order valence-electron chi connectivity index (χ2n) is 6.69. The van der Waals surface area contributed by atoms with Gasteiger partial charge in [0.2, 0.25) is 0 Å². The van der Waals surface area contributed by atoms with Crippen LogP contribution in [0, 0.1) is 0 Å². The van der Waals surface area contributed by atoms with Gasteiger partial charge in [0.15, 0.2) is 0 Å². The molecule has 0 unspecified atom stereocenters. The van der Waals surface area contributed by atoms with E-state index < -0.39 is 27.4 Å². The molecule has 1 aromatic rings. The number of halogens is 3. The molecule has 162 valence electrons. The summed E-state index contributed by atoms with van der Waals surface area (Å²) in [6.45, 7) is 0.905. The van der Waals surface area contributed by atoms with Crippen LogP contribution in [0.4, 0.5) is 19.0 Å². The number of aromatic nitrogens is 1. The third-order valence-electron chi connectivity index (χ3n) is 4.34. The number of unbranched alkanes of at least 4 members (excludes halogenated alkanes) is 3. The second-order valence-corrected chi connectivity index (χ2v) is 8.22. The summed E-state index contributed by atoms with van der Waals surface area (Å²) < 4.78 is 63.2. The summed E-state index contributed by atoms with van der Waals surface area (Å²) in [7, 11) is -5.88. The van der Waals surface area contributed by atoms with Crippen molar-refractivity contribution < 1.29 is 35.7 Å². The van der Waals surface area contributed by atoms with Crippen LogP contribution in [0.15, 0.2) is 24.0 Å². The molecule has 0 aliphatic carbocycles. The molecule has 0 radical (unpaired) electrons. The quantitative estimate of drug-likeness (QED) is 0.189. The van der Waals surface area contributed by atoms with E-state index in [2.05, 4.69) is 20.6 Å². The number of carbonyl (C=O) groups is 1. The maximum absolute atomic E-state index is 12.4. The van der Waals surface area contributed by atoms with Gasteiger partial charge in [-0.3, -0.25) is 0 Å². The maximum Gasteiger partial charge on any atom is 0.534 e. The van der Waals surface area contributed by atoms with Crippen LogP contribution in [0.1, 0.15) is 49.8 Å². The number of aryl methyl sites for hydroxylation is 2. The number of allylic oxidation sites excluding steroid dienone is 1.